The molecule has 0 aliphatic rings. The van der Waals surface area contributed by atoms with Gasteiger partial charge in [-0.1, -0.05) is 24.3 Å². The summed E-state index contributed by atoms with van der Waals surface area (Å²) in [5, 5.41) is 25.9. The van der Waals surface area contributed by atoms with Crippen LogP contribution < -0.4 is 20.2 Å². The lowest BCUT2D eigenvalue weighted by atomic mass is 9.76. The molecule has 0 radical (unpaired) electrons. The van der Waals surface area contributed by atoms with Gasteiger partial charge in [-0.2, -0.15) is 0 Å². The van der Waals surface area contributed by atoms with E-state index in [1.165, 1.54) is 5.56 Å². The van der Waals surface area contributed by atoms with Crippen LogP contribution in [-0.4, -0.2) is 38.3 Å². The van der Waals surface area contributed by atoms with Crippen molar-refractivity contribution in [1.29, 1.82) is 0 Å². The minimum atomic E-state index is -1.51. The van der Waals surface area contributed by atoms with Gasteiger partial charge in [0, 0.05) is 17.3 Å². The van der Waals surface area contributed by atoms with Crippen LogP contribution >= 0.6 is 0 Å². The van der Waals surface area contributed by atoms with E-state index in [-0.39, 0.29) is 0 Å². The summed E-state index contributed by atoms with van der Waals surface area (Å²) in [4.78, 5) is 2.01. The summed E-state index contributed by atoms with van der Waals surface area (Å²) < 4.78 is 2.10. The lowest BCUT2D eigenvalue weighted by Crippen LogP contribution is -2.40. The normalized spacial score (nSPS) is 11.2. The van der Waals surface area contributed by atoms with E-state index < -0.39 is 7.12 Å². The Balaban J connectivity index is 2.52. The molecule has 0 aliphatic carbocycles. The van der Waals surface area contributed by atoms with Gasteiger partial charge in [0.15, 0.2) is 0 Å². The first-order chi connectivity index (χ1) is 11.5. The van der Waals surface area contributed by atoms with Gasteiger partial charge in [0.1, 0.15) is 5.52 Å². The van der Waals surface area contributed by atoms with Crippen LogP contribution in [0, 0.1) is 0 Å². The summed E-state index contributed by atoms with van der Waals surface area (Å²) in [5.74, 6) is 0.947. The predicted octanol–water partition coefficient (Wildman–Crippen LogP) is 0.283. The second-order valence-electron chi connectivity index (χ2n) is 6.30. The van der Waals surface area contributed by atoms with E-state index >= 15 is 0 Å². The smallest absolute Gasteiger partial charge is 0.423 e. The molecular weight excluding hydrogens is 301 g/mol. The predicted molar refractivity (Wildman–Crippen MR) is 99.5 cm³/mol. The number of aromatic nitrogens is 1. The zero-order chi connectivity index (χ0) is 17.4. The third-order valence-electron chi connectivity index (χ3n) is 4.43. The highest BCUT2D eigenvalue weighted by molar-refractivity contribution is 6.62. The molecular formula is C18H23BN3O2+. The number of pyridine rings is 1. The van der Waals surface area contributed by atoms with Crippen molar-refractivity contribution in [3.8, 4) is 0 Å². The van der Waals surface area contributed by atoms with E-state index in [1.807, 2.05) is 45.2 Å². The van der Waals surface area contributed by atoms with E-state index in [0.29, 0.717) is 5.46 Å². The van der Waals surface area contributed by atoms with Crippen LogP contribution in [0.1, 0.15) is 5.56 Å². The van der Waals surface area contributed by atoms with Gasteiger partial charge >= 0.3 is 7.12 Å². The number of nitrogens with zero attached hydrogens (tertiary/aromatic N) is 2. The van der Waals surface area contributed by atoms with Crippen LogP contribution in [0.3, 0.4) is 0 Å². The van der Waals surface area contributed by atoms with Gasteiger partial charge in [0.05, 0.1) is 26.5 Å². The van der Waals surface area contributed by atoms with Gasteiger partial charge in [0.25, 0.3) is 5.82 Å². The summed E-state index contributed by atoms with van der Waals surface area (Å²) in [7, 11) is 6.37. The molecule has 0 unspecified atom stereocenters. The third-order valence-corrected chi connectivity index (χ3v) is 4.43. The molecule has 24 heavy (non-hydrogen) atoms. The molecule has 0 saturated heterocycles. The lowest BCUT2D eigenvalue weighted by Gasteiger charge is -2.17. The van der Waals surface area contributed by atoms with Crippen molar-refractivity contribution < 1.29 is 14.6 Å². The first-order valence-corrected chi connectivity index (χ1v) is 8.01. The van der Waals surface area contributed by atoms with Gasteiger partial charge in [-0.3, -0.25) is 4.90 Å². The largest absolute Gasteiger partial charge is 0.489 e. The maximum Gasteiger partial charge on any atom is 0.489 e. The molecule has 1 heterocycles. The Morgan fingerprint density at radius 2 is 1.88 bits per heavy atom. The number of rotatable bonds is 4. The molecule has 0 amide bonds. The molecule has 3 aromatic rings. The fourth-order valence-corrected chi connectivity index (χ4v) is 3.47. The van der Waals surface area contributed by atoms with Crippen molar-refractivity contribution >= 4 is 40.1 Å². The topological polar surface area (TPSA) is 59.6 Å². The number of benzene rings is 2. The van der Waals surface area contributed by atoms with Crippen LogP contribution in [0.4, 0.5) is 5.82 Å². The van der Waals surface area contributed by atoms with E-state index in [9.17, 15) is 10.0 Å². The maximum absolute atomic E-state index is 9.85. The Labute approximate surface area is 142 Å². The molecule has 5 nitrogen and oxygen atoms in total. The Morgan fingerprint density at radius 1 is 1.12 bits per heavy atom. The molecule has 0 fully saturated rings. The molecule has 124 valence electrons. The quantitative estimate of drug-likeness (QED) is 0.367. The van der Waals surface area contributed by atoms with Crippen molar-refractivity contribution in [3.63, 3.8) is 0 Å². The molecule has 2 aromatic carbocycles. The molecule has 0 spiro atoms. The van der Waals surface area contributed by atoms with Crippen molar-refractivity contribution in [2.24, 2.45) is 7.05 Å². The second kappa shape index (κ2) is 6.40. The summed E-state index contributed by atoms with van der Waals surface area (Å²) >= 11 is 0. The first kappa shape index (κ1) is 16.7. The highest BCUT2D eigenvalue weighted by Crippen LogP contribution is 2.29. The van der Waals surface area contributed by atoms with E-state index in [4.69, 9.17) is 0 Å². The molecule has 3 rings (SSSR count). The number of hydrogen-bond donors (Lipinski definition) is 3. The average Bonchev–Trinajstić information content (AvgIpc) is 2.54. The van der Waals surface area contributed by atoms with Crippen molar-refractivity contribution in [3.05, 3.63) is 42.0 Å². The minimum absolute atomic E-state index is 0.521. The van der Waals surface area contributed by atoms with Gasteiger partial charge in [0.2, 0.25) is 0 Å². The minimum Gasteiger partial charge on any atom is -0.423 e. The zero-order valence-electron chi connectivity index (χ0n) is 14.5. The maximum atomic E-state index is 9.85. The van der Waals surface area contributed by atoms with Crippen LogP contribution in [-0.2, 0) is 13.6 Å². The molecule has 0 saturated carbocycles. The Morgan fingerprint density at radius 3 is 2.50 bits per heavy atom. The van der Waals surface area contributed by atoms with Gasteiger partial charge in [-0.15, -0.1) is 0 Å². The molecule has 0 aliphatic heterocycles. The second-order valence-corrected chi connectivity index (χ2v) is 6.30. The molecule has 6 heteroatoms. The van der Waals surface area contributed by atoms with Gasteiger partial charge in [-0.05, 0) is 30.2 Å². The van der Waals surface area contributed by atoms with Gasteiger partial charge < -0.3 is 15.4 Å². The molecule has 0 bridgehead atoms. The Hall–Kier alpha value is -2.15. The van der Waals surface area contributed by atoms with Crippen molar-refractivity contribution in [2.75, 3.05) is 26.0 Å². The fraction of sp³-hybridized carbons (Fsp3) is 0.278. The molecule has 0 atom stereocenters. The van der Waals surface area contributed by atoms with E-state index in [0.717, 1.165) is 34.0 Å². The molecule has 3 N–H and O–H groups in total. The van der Waals surface area contributed by atoms with Crippen molar-refractivity contribution in [1.82, 2.24) is 5.32 Å². The monoisotopic (exact) mass is 324 g/mol. The SMILES string of the molecule is CNCc1ccc2c(c1)c1cccc(B(O)O)c1c(N(C)C)[n+]2C. The fourth-order valence-electron chi connectivity index (χ4n) is 3.47. The first-order valence-electron chi connectivity index (χ1n) is 8.01. The summed E-state index contributed by atoms with van der Waals surface area (Å²) in [6.45, 7) is 0.791. The number of hydrogen-bond acceptors (Lipinski definition) is 4. The average molecular weight is 324 g/mol. The van der Waals surface area contributed by atoms with Crippen LogP contribution in [0.5, 0.6) is 0 Å². The highest BCUT2D eigenvalue weighted by Gasteiger charge is 2.26. The number of fused-ring (bicyclic) bond motifs is 3. The zero-order valence-corrected chi connectivity index (χ0v) is 14.5. The Bertz CT molecular complexity index is 910. The standard InChI is InChI=1S/C18H23BN3O2/c1-20-11-12-8-9-16-14(10-12)13-6-5-7-15(19(23)24)17(13)18(21(2)3)22(16)4/h5-10,20,23-24H,11H2,1-4H3/q+1. The van der Waals surface area contributed by atoms with Gasteiger partial charge in [-0.25, -0.2) is 4.57 Å². The Kier molecular flexibility index (Phi) is 4.45. The third kappa shape index (κ3) is 2.63. The summed E-state index contributed by atoms with van der Waals surface area (Å²) in [6, 6.07) is 12.1. The number of anilines is 1. The molecule has 1 aromatic heterocycles. The van der Waals surface area contributed by atoms with Crippen LogP contribution in [0.15, 0.2) is 36.4 Å². The summed E-state index contributed by atoms with van der Waals surface area (Å²) in [5.41, 5.74) is 2.82. The highest BCUT2D eigenvalue weighted by atomic mass is 16.4. The van der Waals surface area contributed by atoms with E-state index in [1.54, 1.807) is 6.07 Å². The van der Waals surface area contributed by atoms with E-state index in [2.05, 4.69) is 28.1 Å². The number of nitrogens with one attached hydrogen (secondary N) is 1. The van der Waals surface area contributed by atoms with Crippen LogP contribution in [0.2, 0.25) is 0 Å². The lowest BCUT2D eigenvalue weighted by molar-refractivity contribution is -0.630. The number of aryl methyl sites for hydroxylation is 1. The summed E-state index contributed by atoms with van der Waals surface area (Å²) in [6.07, 6.45) is 0. The van der Waals surface area contributed by atoms with Crippen LogP contribution in [0.25, 0.3) is 21.7 Å². The van der Waals surface area contributed by atoms with Crippen molar-refractivity contribution in [2.45, 2.75) is 6.54 Å².